The maximum atomic E-state index is 13.7. The number of ether oxygens (including phenoxy) is 2. The largest absolute Gasteiger partial charge is 0.499 e. The average Bonchev–Trinajstić information content (AvgIpc) is 3.57. The van der Waals surface area contributed by atoms with Crippen molar-refractivity contribution < 1.29 is 49.0 Å². The number of carbonyl (C=O) groups is 1. The maximum Gasteiger partial charge on any atom is 0.499 e. The summed E-state index contributed by atoms with van der Waals surface area (Å²) in [6.07, 6.45) is -6.38. The molecule has 0 saturated carbocycles. The molecule has 5 heterocycles. The molecule has 0 bridgehead atoms. The van der Waals surface area contributed by atoms with E-state index >= 15 is 0 Å². The molecule has 1 unspecified atom stereocenters. The van der Waals surface area contributed by atoms with Crippen molar-refractivity contribution in [2.24, 2.45) is 15.2 Å². The number of H-pyrrole nitrogens is 1. The third-order valence-corrected chi connectivity index (χ3v) is 8.10. The van der Waals surface area contributed by atoms with Gasteiger partial charge in [-0.15, -0.1) is 5.11 Å². The number of aromatic nitrogens is 2. The van der Waals surface area contributed by atoms with Crippen molar-refractivity contribution in [3.63, 3.8) is 0 Å². The SMILES string of the molecule is C[C@@H]1C(OC(=O)C(F)(F)F)OCCN1[C@@H]1N=C2N=NC=C2C2=C1C[C@@H](S(=O)(=O)C(F)(F)F)N2c1ccn[nH]1. The van der Waals surface area contributed by atoms with E-state index in [1.165, 1.54) is 30.3 Å². The fraction of sp³-hybridized carbons (Fsp3) is 0.526. The molecule has 19 heteroatoms. The maximum absolute atomic E-state index is 13.7. The number of aliphatic imine (C=N–C) groups is 1. The first-order valence-corrected chi connectivity index (χ1v) is 12.4. The molecule has 5 rings (SSSR count). The number of alkyl halides is 6. The third kappa shape index (κ3) is 4.17. The first kappa shape index (κ1) is 26.3. The second-order valence-electron chi connectivity index (χ2n) is 8.54. The summed E-state index contributed by atoms with van der Waals surface area (Å²) in [5.74, 6) is -2.57. The molecule has 12 nitrogen and oxygen atoms in total. The standard InChI is InChI=1S/C19H17F6N7O5S/c1-8-16(37-17(33)18(20,21)22)36-5-4-31(8)15-9-6-12(38(34,35)19(23,24)25)32(11-2-3-26-29-11)13(9)10-7-27-30-14(10)28-15/h2-3,7-8,12,15-16H,4-6H2,1H3,(H,26,29)/t8-,12-,15+,16?/m1/s1. The van der Waals surface area contributed by atoms with Crippen molar-refractivity contribution in [2.75, 3.05) is 18.1 Å². The highest BCUT2D eigenvalue weighted by Crippen LogP contribution is 2.48. The van der Waals surface area contributed by atoms with Crippen LogP contribution in [0.3, 0.4) is 0 Å². The molecule has 1 fully saturated rings. The Labute approximate surface area is 209 Å². The normalized spacial score (nSPS) is 28.2. The minimum Gasteiger partial charge on any atom is -0.427 e. The summed E-state index contributed by atoms with van der Waals surface area (Å²) >= 11 is 0. The lowest BCUT2D eigenvalue weighted by Crippen LogP contribution is -2.56. The quantitative estimate of drug-likeness (QED) is 0.431. The van der Waals surface area contributed by atoms with Gasteiger partial charge < -0.3 is 14.4 Å². The Morgan fingerprint density at radius 2 is 1.97 bits per heavy atom. The van der Waals surface area contributed by atoms with Crippen molar-refractivity contribution >= 4 is 27.5 Å². The topological polar surface area (TPSA) is 142 Å². The smallest absolute Gasteiger partial charge is 0.427 e. The summed E-state index contributed by atoms with van der Waals surface area (Å²) in [4.78, 5) is 18.2. The summed E-state index contributed by atoms with van der Waals surface area (Å²) in [6, 6.07) is 0.212. The number of nitrogens with zero attached hydrogens (tertiary/aromatic N) is 6. The summed E-state index contributed by atoms with van der Waals surface area (Å²) in [7, 11) is -5.79. The summed E-state index contributed by atoms with van der Waals surface area (Å²) < 4.78 is 115. The first-order chi connectivity index (χ1) is 17.7. The molecular weight excluding hydrogens is 552 g/mol. The second kappa shape index (κ2) is 8.87. The van der Waals surface area contributed by atoms with E-state index < -0.39 is 57.8 Å². The number of azo groups is 1. The van der Waals surface area contributed by atoms with Crippen LogP contribution in [-0.2, 0) is 24.1 Å². The lowest BCUT2D eigenvalue weighted by molar-refractivity contribution is -0.245. The number of hydrogen-bond acceptors (Lipinski definition) is 11. The van der Waals surface area contributed by atoms with Crippen LogP contribution in [0.1, 0.15) is 13.3 Å². The fourth-order valence-electron chi connectivity index (χ4n) is 4.67. The van der Waals surface area contributed by atoms with Gasteiger partial charge in [0.2, 0.25) is 6.29 Å². The van der Waals surface area contributed by atoms with Crippen LogP contribution in [-0.4, -0.2) is 84.0 Å². The number of dihydropyridines is 1. The van der Waals surface area contributed by atoms with Gasteiger partial charge in [0.1, 0.15) is 12.0 Å². The van der Waals surface area contributed by atoms with Crippen molar-refractivity contribution in [3.8, 4) is 0 Å². The molecule has 1 aromatic heterocycles. The number of sulfone groups is 1. The zero-order chi connectivity index (χ0) is 27.6. The molecule has 1 aromatic rings. The van der Waals surface area contributed by atoms with E-state index in [-0.39, 0.29) is 41.6 Å². The molecular formula is C19H17F6N7O5S. The number of amidine groups is 1. The minimum absolute atomic E-state index is 0.0103. The number of esters is 1. The second-order valence-corrected chi connectivity index (χ2v) is 10.6. The van der Waals surface area contributed by atoms with Crippen LogP contribution >= 0.6 is 0 Å². The first-order valence-electron chi connectivity index (χ1n) is 10.9. The van der Waals surface area contributed by atoms with Gasteiger partial charge in [-0.2, -0.15) is 36.6 Å². The predicted molar refractivity (Wildman–Crippen MR) is 114 cm³/mol. The predicted octanol–water partition coefficient (Wildman–Crippen LogP) is 2.37. The van der Waals surface area contributed by atoms with Crippen LogP contribution < -0.4 is 4.90 Å². The van der Waals surface area contributed by atoms with E-state index in [0.29, 0.717) is 0 Å². The minimum atomic E-state index is -5.79. The number of hydrogen-bond donors (Lipinski definition) is 1. The van der Waals surface area contributed by atoms with E-state index in [1.807, 2.05) is 0 Å². The number of aromatic amines is 1. The lowest BCUT2D eigenvalue weighted by Gasteiger charge is -2.42. The molecule has 38 heavy (non-hydrogen) atoms. The van der Waals surface area contributed by atoms with Crippen LogP contribution in [0, 0.1) is 0 Å². The molecule has 206 valence electrons. The van der Waals surface area contributed by atoms with E-state index in [9.17, 15) is 39.6 Å². The van der Waals surface area contributed by atoms with Gasteiger partial charge in [-0.3, -0.25) is 10.00 Å². The van der Waals surface area contributed by atoms with Crippen LogP contribution in [0.25, 0.3) is 0 Å². The van der Waals surface area contributed by atoms with Crippen molar-refractivity contribution in [2.45, 2.75) is 48.9 Å². The molecule has 1 N–H and O–H groups in total. The summed E-state index contributed by atoms with van der Waals surface area (Å²) in [6.45, 7) is 1.17. The number of nitrogens with one attached hydrogen (secondary N) is 1. The Morgan fingerprint density at radius 3 is 2.61 bits per heavy atom. The zero-order valence-corrected chi connectivity index (χ0v) is 19.9. The highest BCUT2D eigenvalue weighted by atomic mass is 32.2. The number of fused-ring (bicyclic) bond motifs is 2. The number of morpholine rings is 1. The van der Waals surface area contributed by atoms with E-state index in [0.717, 1.165) is 4.90 Å². The molecule has 0 aromatic carbocycles. The molecule has 0 spiro atoms. The Hall–Kier alpha value is -3.32. The molecule has 0 aliphatic carbocycles. The molecule has 0 radical (unpaired) electrons. The fourth-order valence-corrected chi connectivity index (χ4v) is 5.88. The highest BCUT2D eigenvalue weighted by molar-refractivity contribution is 7.93. The third-order valence-electron chi connectivity index (χ3n) is 6.36. The van der Waals surface area contributed by atoms with Gasteiger partial charge in [0.25, 0.3) is 9.84 Å². The number of carbonyl (C=O) groups excluding carboxylic acids is 1. The van der Waals surface area contributed by atoms with Crippen LogP contribution in [0.5, 0.6) is 0 Å². The molecule has 4 aliphatic heterocycles. The molecule has 1 saturated heterocycles. The average molecular weight is 569 g/mol. The highest BCUT2D eigenvalue weighted by Gasteiger charge is 2.58. The molecule has 0 amide bonds. The van der Waals surface area contributed by atoms with E-state index in [1.54, 1.807) is 0 Å². The van der Waals surface area contributed by atoms with Crippen molar-refractivity contribution in [1.29, 1.82) is 0 Å². The Kier molecular flexibility index (Phi) is 6.14. The number of anilines is 1. The monoisotopic (exact) mass is 569 g/mol. The zero-order valence-electron chi connectivity index (χ0n) is 19.1. The summed E-state index contributed by atoms with van der Waals surface area (Å²) in [5, 5.41) is 11.7. The van der Waals surface area contributed by atoms with Gasteiger partial charge in [0.05, 0.1) is 36.3 Å². The van der Waals surface area contributed by atoms with Gasteiger partial charge in [0, 0.05) is 19.0 Å². The van der Waals surface area contributed by atoms with Gasteiger partial charge >= 0.3 is 17.7 Å². The van der Waals surface area contributed by atoms with Gasteiger partial charge in [-0.05, 0) is 12.5 Å². The Balaban J connectivity index is 1.57. The van der Waals surface area contributed by atoms with Gasteiger partial charge in [-0.1, -0.05) is 0 Å². The molecule has 4 atom stereocenters. The Morgan fingerprint density at radius 1 is 1.24 bits per heavy atom. The Bertz CT molecular complexity index is 1370. The van der Waals surface area contributed by atoms with Gasteiger partial charge in [-0.25, -0.2) is 18.2 Å². The molecule has 4 aliphatic rings. The lowest BCUT2D eigenvalue weighted by atomic mass is 9.99. The van der Waals surface area contributed by atoms with Crippen LogP contribution in [0.2, 0.25) is 0 Å². The summed E-state index contributed by atoms with van der Waals surface area (Å²) in [5.41, 5.74) is -5.29. The number of halogens is 6. The van der Waals surface area contributed by atoms with E-state index in [2.05, 4.69) is 30.2 Å². The van der Waals surface area contributed by atoms with Gasteiger partial charge in [0.15, 0.2) is 11.2 Å². The van der Waals surface area contributed by atoms with Crippen LogP contribution in [0.15, 0.2) is 50.5 Å². The van der Waals surface area contributed by atoms with E-state index in [4.69, 9.17) is 4.74 Å². The van der Waals surface area contributed by atoms with Crippen molar-refractivity contribution in [3.05, 3.63) is 35.3 Å². The van der Waals surface area contributed by atoms with Crippen LogP contribution in [0.4, 0.5) is 32.2 Å². The van der Waals surface area contributed by atoms with Crippen molar-refractivity contribution in [1.82, 2.24) is 15.1 Å². The number of rotatable bonds is 4.